The summed E-state index contributed by atoms with van der Waals surface area (Å²) >= 11 is 0. The molecule has 1 unspecified atom stereocenters. The fraction of sp³-hybridized carbons (Fsp3) is 0.438. The van der Waals surface area contributed by atoms with E-state index in [4.69, 9.17) is 4.42 Å². The zero-order chi connectivity index (χ0) is 13.8. The SMILES string of the molecule is CCc1cnc(CN2CCNC(c3ccccc3)C2)o1. The van der Waals surface area contributed by atoms with Crippen LogP contribution in [-0.2, 0) is 13.0 Å². The smallest absolute Gasteiger partial charge is 0.208 e. The number of nitrogens with zero attached hydrogens (tertiary/aromatic N) is 2. The van der Waals surface area contributed by atoms with E-state index in [1.54, 1.807) is 0 Å². The summed E-state index contributed by atoms with van der Waals surface area (Å²) in [5.41, 5.74) is 1.35. The number of aromatic nitrogens is 1. The summed E-state index contributed by atoms with van der Waals surface area (Å²) in [5.74, 6) is 1.80. The van der Waals surface area contributed by atoms with Gasteiger partial charge in [0.2, 0.25) is 5.89 Å². The molecular formula is C16H21N3O. The van der Waals surface area contributed by atoms with E-state index in [1.807, 2.05) is 6.20 Å². The Bertz CT molecular complexity index is 538. The minimum Gasteiger partial charge on any atom is -0.444 e. The zero-order valence-electron chi connectivity index (χ0n) is 11.9. The Labute approximate surface area is 119 Å². The molecule has 1 aliphatic heterocycles. The molecule has 1 fully saturated rings. The molecule has 0 amide bonds. The van der Waals surface area contributed by atoms with Crippen LogP contribution in [-0.4, -0.2) is 29.5 Å². The average Bonchev–Trinajstić information content (AvgIpc) is 2.96. The van der Waals surface area contributed by atoms with Crippen LogP contribution < -0.4 is 5.32 Å². The molecule has 0 saturated carbocycles. The number of aryl methyl sites for hydroxylation is 1. The third-order valence-electron chi connectivity index (χ3n) is 3.77. The Hall–Kier alpha value is -1.65. The molecule has 106 valence electrons. The lowest BCUT2D eigenvalue weighted by Gasteiger charge is -2.33. The summed E-state index contributed by atoms with van der Waals surface area (Å²) in [6.07, 6.45) is 2.74. The Morgan fingerprint density at radius 1 is 1.35 bits per heavy atom. The molecule has 1 aliphatic rings. The van der Waals surface area contributed by atoms with E-state index in [0.717, 1.165) is 44.3 Å². The van der Waals surface area contributed by atoms with Crippen molar-refractivity contribution in [1.82, 2.24) is 15.2 Å². The molecule has 1 atom stereocenters. The fourth-order valence-corrected chi connectivity index (χ4v) is 2.64. The normalized spacial score (nSPS) is 20.1. The predicted molar refractivity (Wildman–Crippen MR) is 78.3 cm³/mol. The van der Waals surface area contributed by atoms with E-state index in [1.165, 1.54) is 5.56 Å². The maximum atomic E-state index is 5.70. The highest BCUT2D eigenvalue weighted by atomic mass is 16.4. The average molecular weight is 271 g/mol. The largest absolute Gasteiger partial charge is 0.444 e. The molecule has 4 nitrogen and oxygen atoms in total. The lowest BCUT2D eigenvalue weighted by Crippen LogP contribution is -2.45. The Morgan fingerprint density at radius 2 is 2.20 bits per heavy atom. The predicted octanol–water partition coefficient (Wildman–Crippen LogP) is 2.38. The first-order valence-electron chi connectivity index (χ1n) is 7.29. The molecule has 0 aliphatic carbocycles. The Kier molecular flexibility index (Phi) is 4.14. The first-order chi connectivity index (χ1) is 9.85. The lowest BCUT2D eigenvalue weighted by molar-refractivity contribution is 0.177. The van der Waals surface area contributed by atoms with Crippen LogP contribution >= 0.6 is 0 Å². The van der Waals surface area contributed by atoms with E-state index in [2.05, 4.69) is 52.5 Å². The van der Waals surface area contributed by atoms with E-state index in [9.17, 15) is 0 Å². The summed E-state index contributed by atoms with van der Waals surface area (Å²) in [6, 6.07) is 11.0. The van der Waals surface area contributed by atoms with Crippen LogP contribution in [0.4, 0.5) is 0 Å². The van der Waals surface area contributed by atoms with Gasteiger partial charge in [-0.25, -0.2) is 4.98 Å². The third-order valence-corrected chi connectivity index (χ3v) is 3.77. The van der Waals surface area contributed by atoms with Gasteiger partial charge in [-0.3, -0.25) is 4.90 Å². The van der Waals surface area contributed by atoms with E-state index in [-0.39, 0.29) is 0 Å². The van der Waals surface area contributed by atoms with Crippen LogP contribution in [0, 0.1) is 0 Å². The summed E-state index contributed by atoms with van der Waals surface area (Å²) in [7, 11) is 0. The van der Waals surface area contributed by atoms with Crippen molar-refractivity contribution in [2.24, 2.45) is 0 Å². The highest BCUT2D eigenvalue weighted by Crippen LogP contribution is 2.18. The number of nitrogens with one attached hydrogen (secondary N) is 1. The van der Waals surface area contributed by atoms with Crippen LogP contribution in [0.5, 0.6) is 0 Å². The van der Waals surface area contributed by atoms with Gasteiger partial charge in [-0.1, -0.05) is 37.3 Å². The molecule has 0 radical (unpaired) electrons. The lowest BCUT2D eigenvalue weighted by atomic mass is 10.0. The van der Waals surface area contributed by atoms with Gasteiger partial charge in [0.15, 0.2) is 0 Å². The molecule has 1 aromatic carbocycles. The van der Waals surface area contributed by atoms with Crippen molar-refractivity contribution in [1.29, 1.82) is 0 Å². The molecule has 1 saturated heterocycles. The van der Waals surface area contributed by atoms with Crippen LogP contribution in [0.25, 0.3) is 0 Å². The van der Waals surface area contributed by atoms with Gasteiger partial charge in [0.25, 0.3) is 0 Å². The second kappa shape index (κ2) is 6.20. The van der Waals surface area contributed by atoms with Crippen molar-refractivity contribution in [3.8, 4) is 0 Å². The summed E-state index contributed by atoms with van der Waals surface area (Å²) in [5, 5.41) is 3.57. The van der Waals surface area contributed by atoms with E-state index < -0.39 is 0 Å². The van der Waals surface area contributed by atoms with Gasteiger partial charge in [-0.15, -0.1) is 0 Å². The minimum atomic E-state index is 0.394. The van der Waals surface area contributed by atoms with Crippen molar-refractivity contribution in [2.75, 3.05) is 19.6 Å². The standard InChI is InChI=1S/C16H21N3O/c1-2-14-10-18-16(20-14)12-19-9-8-17-15(11-19)13-6-4-3-5-7-13/h3-7,10,15,17H,2,8-9,11-12H2,1H3. The molecule has 0 bridgehead atoms. The van der Waals surface area contributed by atoms with E-state index in [0.29, 0.717) is 6.04 Å². The molecule has 2 heterocycles. The molecule has 2 aromatic rings. The van der Waals surface area contributed by atoms with Gasteiger partial charge in [-0.2, -0.15) is 0 Å². The second-order valence-electron chi connectivity index (χ2n) is 5.23. The quantitative estimate of drug-likeness (QED) is 0.927. The highest BCUT2D eigenvalue weighted by Gasteiger charge is 2.21. The van der Waals surface area contributed by atoms with Gasteiger partial charge >= 0.3 is 0 Å². The first kappa shape index (κ1) is 13.3. The van der Waals surface area contributed by atoms with Crippen LogP contribution in [0.15, 0.2) is 40.9 Å². The number of piperazine rings is 1. The van der Waals surface area contributed by atoms with Gasteiger partial charge in [0.1, 0.15) is 5.76 Å². The number of rotatable bonds is 4. The molecule has 20 heavy (non-hydrogen) atoms. The number of benzene rings is 1. The second-order valence-corrected chi connectivity index (χ2v) is 5.23. The van der Waals surface area contributed by atoms with Gasteiger partial charge in [-0.05, 0) is 5.56 Å². The minimum absolute atomic E-state index is 0.394. The van der Waals surface area contributed by atoms with Crippen molar-refractivity contribution in [3.05, 3.63) is 53.7 Å². The first-order valence-corrected chi connectivity index (χ1v) is 7.29. The van der Waals surface area contributed by atoms with Crippen LogP contribution in [0.3, 0.4) is 0 Å². The van der Waals surface area contributed by atoms with Gasteiger partial charge in [0, 0.05) is 32.1 Å². The van der Waals surface area contributed by atoms with Gasteiger partial charge < -0.3 is 9.73 Å². The Morgan fingerprint density at radius 3 is 2.95 bits per heavy atom. The van der Waals surface area contributed by atoms with E-state index >= 15 is 0 Å². The van der Waals surface area contributed by atoms with Crippen LogP contribution in [0.1, 0.15) is 30.2 Å². The maximum absolute atomic E-state index is 5.70. The van der Waals surface area contributed by atoms with Gasteiger partial charge in [0.05, 0.1) is 12.7 Å². The highest BCUT2D eigenvalue weighted by molar-refractivity contribution is 5.19. The Balaban J connectivity index is 1.63. The summed E-state index contributed by atoms with van der Waals surface area (Å²) < 4.78 is 5.70. The number of oxazole rings is 1. The molecular weight excluding hydrogens is 250 g/mol. The molecule has 1 N–H and O–H groups in total. The molecule has 0 spiro atoms. The zero-order valence-corrected chi connectivity index (χ0v) is 11.9. The topological polar surface area (TPSA) is 41.3 Å². The number of hydrogen-bond acceptors (Lipinski definition) is 4. The summed E-state index contributed by atoms with van der Waals surface area (Å²) in [4.78, 5) is 6.75. The van der Waals surface area contributed by atoms with Crippen molar-refractivity contribution < 1.29 is 4.42 Å². The summed E-state index contributed by atoms with van der Waals surface area (Å²) in [6.45, 7) is 5.91. The van der Waals surface area contributed by atoms with Crippen LogP contribution in [0.2, 0.25) is 0 Å². The maximum Gasteiger partial charge on any atom is 0.208 e. The number of hydrogen-bond donors (Lipinski definition) is 1. The van der Waals surface area contributed by atoms with Crippen molar-refractivity contribution >= 4 is 0 Å². The van der Waals surface area contributed by atoms with Crippen molar-refractivity contribution in [2.45, 2.75) is 25.9 Å². The third kappa shape index (κ3) is 3.08. The fourth-order valence-electron chi connectivity index (χ4n) is 2.64. The monoisotopic (exact) mass is 271 g/mol. The molecule has 4 heteroatoms. The molecule has 3 rings (SSSR count). The van der Waals surface area contributed by atoms with Crippen molar-refractivity contribution in [3.63, 3.8) is 0 Å². The molecule has 1 aromatic heterocycles.